The van der Waals surface area contributed by atoms with Gasteiger partial charge in [0.15, 0.2) is 0 Å². The molecule has 1 aromatic rings. The van der Waals surface area contributed by atoms with Gasteiger partial charge in [-0.1, -0.05) is 18.9 Å². The van der Waals surface area contributed by atoms with E-state index in [1.807, 2.05) is 0 Å². The van der Waals surface area contributed by atoms with Crippen LogP contribution in [0.15, 0.2) is 24.3 Å². The molecule has 2 rings (SSSR count). The highest BCUT2D eigenvalue weighted by molar-refractivity contribution is 5.98. The van der Waals surface area contributed by atoms with E-state index in [9.17, 15) is 18.0 Å². The van der Waals surface area contributed by atoms with Crippen molar-refractivity contribution < 1.29 is 18.0 Å². The van der Waals surface area contributed by atoms with Crippen LogP contribution in [0.1, 0.15) is 31.2 Å². The van der Waals surface area contributed by atoms with Gasteiger partial charge in [0.25, 0.3) is 0 Å². The highest BCUT2D eigenvalue weighted by Gasteiger charge is 2.37. The van der Waals surface area contributed by atoms with Crippen LogP contribution in [0.2, 0.25) is 0 Å². The number of rotatable bonds is 2. The number of carbonyl (C=O) groups excluding carboxylic acids is 1. The molecule has 0 heterocycles. The molecule has 0 saturated heterocycles. The second kappa shape index (κ2) is 6.01. The summed E-state index contributed by atoms with van der Waals surface area (Å²) in [6.07, 6.45) is -1.55. The SMILES string of the molecule is Cl.NC1(C(=O)Nc2cccc(C(F)(F)F)c2)CCCC1. The lowest BCUT2D eigenvalue weighted by atomic mass is 9.98. The molecular formula is C13H16ClF3N2O. The molecule has 112 valence electrons. The van der Waals surface area contributed by atoms with E-state index in [1.165, 1.54) is 12.1 Å². The van der Waals surface area contributed by atoms with Gasteiger partial charge in [-0.05, 0) is 31.0 Å². The number of alkyl halides is 3. The molecule has 1 amide bonds. The molecule has 3 N–H and O–H groups in total. The summed E-state index contributed by atoms with van der Waals surface area (Å²) in [6.45, 7) is 0. The fourth-order valence-corrected chi connectivity index (χ4v) is 2.26. The third-order valence-electron chi connectivity index (χ3n) is 3.40. The van der Waals surface area contributed by atoms with Crippen molar-refractivity contribution in [3.05, 3.63) is 29.8 Å². The zero-order valence-corrected chi connectivity index (χ0v) is 11.5. The van der Waals surface area contributed by atoms with Crippen molar-refractivity contribution in [1.29, 1.82) is 0 Å². The zero-order valence-electron chi connectivity index (χ0n) is 10.7. The number of carbonyl (C=O) groups is 1. The number of nitrogens with two attached hydrogens (primary N) is 1. The van der Waals surface area contributed by atoms with E-state index < -0.39 is 23.2 Å². The van der Waals surface area contributed by atoms with Gasteiger partial charge in [-0.15, -0.1) is 12.4 Å². The molecule has 1 aliphatic rings. The molecule has 1 fully saturated rings. The van der Waals surface area contributed by atoms with Crippen LogP contribution in [0.25, 0.3) is 0 Å². The predicted octanol–water partition coefficient (Wildman–Crippen LogP) is 3.34. The lowest BCUT2D eigenvalue weighted by Crippen LogP contribution is -2.48. The van der Waals surface area contributed by atoms with Crippen LogP contribution >= 0.6 is 12.4 Å². The fourth-order valence-electron chi connectivity index (χ4n) is 2.26. The second-order valence-electron chi connectivity index (χ2n) is 4.90. The highest BCUT2D eigenvalue weighted by atomic mass is 35.5. The van der Waals surface area contributed by atoms with Crippen molar-refractivity contribution >= 4 is 24.0 Å². The Morgan fingerprint density at radius 3 is 2.40 bits per heavy atom. The van der Waals surface area contributed by atoms with Gasteiger partial charge in [0.1, 0.15) is 0 Å². The van der Waals surface area contributed by atoms with Crippen LogP contribution in [-0.4, -0.2) is 11.4 Å². The van der Waals surface area contributed by atoms with E-state index in [2.05, 4.69) is 5.32 Å². The van der Waals surface area contributed by atoms with E-state index in [1.54, 1.807) is 0 Å². The maximum absolute atomic E-state index is 12.5. The first-order valence-electron chi connectivity index (χ1n) is 6.09. The van der Waals surface area contributed by atoms with Crippen molar-refractivity contribution in [2.75, 3.05) is 5.32 Å². The third-order valence-corrected chi connectivity index (χ3v) is 3.40. The first kappa shape index (κ1) is 16.8. The maximum atomic E-state index is 12.5. The molecule has 0 aromatic heterocycles. The normalized spacial score (nSPS) is 17.4. The van der Waals surface area contributed by atoms with E-state index in [0.29, 0.717) is 12.8 Å². The monoisotopic (exact) mass is 308 g/mol. The summed E-state index contributed by atoms with van der Waals surface area (Å²) in [5, 5.41) is 2.47. The molecule has 0 atom stereocenters. The number of benzene rings is 1. The maximum Gasteiger partial charge on any atom is 0.416 e. The van der Waals surface area contributed by atoms with Gasteiger partial charge in [-0.3, -0.25) is 4.79 Å². The number of halogens is 4. The molecule has 1 aromatic carbocycles. The van der Waals surface area contributed by atoms with Crippen molar-refractivity contribution in [3.8, 4) is 0 Å². The van der Waals surface area contributed by atoms with Crippen LogP contribution in [0.3, 0.4) is 0 Å². The Balaban J connectivity index is 0.00000200. The van der Waals surface area contributed by atoms with Crippen LogP contribution in [0.5, 0.6) is 0 Å². The Morgan fingerprint density at radius 2 is 1.85 bits per heavy atom. The molecule has 0 aliphatic heterocycles. The summed E-state index contributed by atoms with van der Waals surface area (Å²) in [5.74, 6) is -0.413. The number of amides is 1. The Labute approximate surface area is 121 Å². The van der Waals surface area contributed by atoms with Gasteiger partial charge in [0, 0.05) is 5.69 Å². The van der Waals surface area contributed by atoms with E-state index in [-0.39, 0.29) is 18.1 Å². The molecule has 0 bridgehead atoms. The highest BCUT2D eigenvalue weighted by Crippen LogP contribution is 2.32. The van der Waals surface area contributed by atoms with E-state index in [0.717, 1.165) is 25.0 Å². The molecule has 1 aliphatic carbocycles. The smallest absolute Gasteiger partial charge is 0.324 e. The third kappa shape index (κ3) is 3.64. The number of hydrogen-bond acceptors (Lipinski definition) is 2. The first-order valence-corrected chi connectivity index (χ1v) is 6.09. The topological polar surface area (TPSA) is 55.1 Å². The molecular weight excluding hydrogens is 293 g/mol. The molecule has 7 heteroatoms. The van der Waals surface area contributed by atoms with Gasteiger partial charge >= 0.3 is 6.18 Å². The minimum Gasteiger partial charge on any atom is -0.324 e. The van der Waals surface area contributed by atoms with Crippen molar-refractivity contribution in [2.24, 2.45) is 5.73 Å². The Morgan fingerprint density at radius 1 is 1.25 bits per heavy atom. The summed E-state index contributed by atoms with van der Waals surface area (Å²) < 4.78 is 37.6. The van der Waals surface area contributed by atoms with Crippen molar-refractivity contribution in [2.45, 2.75) is 37.4 Å². The summed E-state index contributed by atoms with van der Waals surface area (Å²) in [5.41, 5.74) is 4.32. The number of hydrogen-bond donors (Lipinski definition) is 2. The standard InChI is InChI=1S/C13H15F3N2O.ClH/c14-13(15,16)9-4-3-5-10(8-9)18-11(19)12(17)6-1-2-7-12;/h3-5,8H,1-2,6-7,17H2,(H,18,19);1H. The van der Waals surface area contributed by atoms with Gasteiger partial charge in [-0.2, -0.15) is 13.2 Å². The van der Waals surface area contributed by atoms with E-state index in [4.69, 9.17) is 5.73 Å². The van der Waals surface area contributed by atoms with Gasteiger partial charge < -0.3 is 11.1 Å². The van der Waals surface area contributed by atoms with Gasteiger partial charge in [0.05, 0.1) is 11.1 Å². The minimum atomic E-state index is -4.42. The lowest BCUT2D eigenvalue weighted by Gasteiger charge is -2.22. The zero-order chi connectivity index (χ0) is 14.1. The van der Waals surface area contributed by atoms with Crippen LogP contribution in [0.4, 0.5) is 18.9 Å². The Kier molecular flexibility index (Phi) is 5.05. The molecule has 0 unspecified atom stereocenters. The molecule has 20 heavy (non-hydrogen) atoms. The van der Waals surface area contributed by atoms with Crippen molar-refractivity contribution in [1.82, 2.24) is 0 Å². The second-order valence-corrected chi connectivity index (χ2v) is 4.90. The first-order chi connectivity index (χ1) is 8.81. The predicted molar refractivity (Wildman–Crippen MR) is 72.7 cm³/mol. The molecule has 3 nitrogen and oxygen atoms in total. The average molecular weight is 309 g/mol. The largest absolute Gasteiger partial charge is 0.416 e. The molecule has 1 saturated carbocycles. The molecule has 0 radical (unpaired) electrons. The minimum absolute atomic E-state index is 0. The van der Waals surface area contributed by atoms with Gasteiger partial charge in [0.2, 0.25) is 5.91 Å². The van der Waals surface area contributed by atoms with Crippen molar-refractivity contribution in [3.63, 3.8) is 0 Å². The molecule has 0 spiro atoms. The van der Waals surface area contributed by atoms with Crippen LogP contribution in [-0.2, 0) is 11.0 Å². The summed E-state index contributed by atoms with van der Waals surface area (Å²) >= 11 is 0. The van der Waals surface area contributed by atoms with Crippen LogP contribution in [0, 0.1) is 0 Å². The fraction of sp³-hybridized carbons (Fsp3) is 0.462. The summed E-state index contributed by atoms with van der Waals surface area (Å²) in [4.78, 5) is 12.0. The quantitative estimate of drug-likeness (QED) is 0.880. The number of nitrogens with one attached hydrogen (secondary N) is 1. The van der Waals surface area contributed by atoms with E-state index >= 15 is 0 Å². The Bertz CT molecular complexity index is 485. The summed E-state index contributed by atoms with van der Waals surface area (Å²) in [7, 11) is 0. The van der Waals surface area contributed by atoms with Gasteiger partial charge in [-0.25, -0.2) is 0 Å². The Hall–Kier alpha value is -1.27. The number of anilines is 1. The summed E-state index contributed by atoms with van der Waals surface area (Å²) in [6, 6.07) is 4.56. The van der Waals surface area contributed by atoms with Crippen LogP contribution < -0.4 is 11.1 Å². The lowest BCUT2D eigenvalue weighted by molar-refractivity contribution is -0.137. The average Bonchev–Trinajstić information content (AvgIpc) is 2.77.